The highest BCUT2D eigenvalue weighted by Gasteiger charge is 2.15. The number of carbonyl (C=O) groups excluding carboxylic acids is 2. The molecule has 0 aromatic heterocycles. The molecule has 0 radical (unpaired) electrons. The van der Waals surface area contributed by atoms with Gasteiger partial charge in [-0.1, -0.05) is 77.6 Å². The first-order valence-electron chi connectivity index (χ1n) is 11.9. The van der Waals surface area contributed by atoms with Crippen molar-refractivity contribution in [1.82, 2.24) is 0 Å². The van der Waals surface area contributed by atoms with E-state index in [9.17, 15) is 9.59 Å². The summed E-state index contributed by atoms with van der Waals surface area (Å²) < 4.78 is 10.6. The molecule has 0 amide bonds. The van der Waals surface area contributed by atoms with E-state index in [0.717, 1.165) is 63.0 Å². The molecule has 1 aliphatic rings. The van der Waals surface area contributed by atoms with Crippen LogP contribution in [-0.2, 0) is 25.5 Å². The number of benzene rings is 1. The van der Waals surface area contributed by atoms with Crippen LogP contribution < -0.4 is 0 Å². The van der Waals surface area contributed by atoms with E-state index < -0.39 is 0 Å². The zero-order valence-electron chi connectivity index (χ0n) is 18.7. The normalized spacial score (nSPS) is 15.7. The standard InChI is InChI=1S/C25H38O4S2/c26-24(16-8-7-15-23-18-21-30-31-23)28-19-9-2-1-3-10-20-29-25(27)17-11-14-22-12-5-4-6-13-22/h4-6,12-13,23H,1-3,7-11,14-21H2. The molecule has 1 aliphatic heterocycles. The number of ether oxygens (including phenoxy) is 2. The van der Waals surface area contributed by atoms with E-state index in [1.165, 1.54) is 24.2 Å². The summed E-state index contributed by atoms with van der Waals surface area (Å²) in [6.07, 6.45) is 12.4. The Kier molecular flexibility index (Phi) is 14.7. The minimum absolute atomic E-state index is 0.0485. The molecule has 4 nitrogen and oxygen atoms in total. The van der Waals surface area contributed by atoms with Crippen LogP contribution in [0.2, 0.25) is 0 Å². The lowest BCUT2D eigenvalue weighted by Crippen LogP contribution is -2.07. The molecular weight excluding hydrogens is 428 g/mol. The van der Waals surface area contributed by atoms with Crippen LogP contribution in [-0.4, -0.2) is 36.2 Å². The Labute approximate surface area is 196 Å². The van der Waals surface area contributed by atoms with Gasteiger partial charge in [0.25, 0.3) is 0 Å². The summed E-state index contributed by atoms with van der Waals surface area (Å²) >= 11 is 0. The van der Waals surface area contributed by atoms with Gasteiger partial charge in [-0.2, -0.15) is 0 Å². The van der Waals surface area contributed by atoms with Crippen molar-refractivity contribution in [3.8, 4) is 0 Å². The lowest BCUT2D eigenvalue weighted by molar-refractivity contribution is -0.144. The highest BCUT2D eigenvalue weighted by Crippen LogP contribution is 2.39. The summed E-state index contributed by atoms with van der Waals surface area (Å²) in [7, 11) is 3.98. The van der Waals surface area contributed by atoms with Gasteiger partial charge < -0.3 is 9.47 Å². The van der Waals surface area contributed by atoms with E-state index in [1.807, 2.05) is 39.8 Å². The fourth-order valence-corrected chi connectivity index (χ4v) is 6.57. The topological polar surface area (TPSA) is 52.6 Å². The Morgan fingerprint density at radius 1 is 0.806 bits per heavy atom. The van der Waals surface area contributed by atoms with Crippen LogP contribution in [0, 0.1) is 0 Å². The Morgan fingerprint density at radius 3 is 2.10 bits per heavy atom. The molecule has 2 rings (SSSR count). The van der Waals surface area contributed by atoms with Gasteiger partial charge in [0.1, 0.15) is 0 Å². The summed E-state index contributed by atoms with van der Waals surface area (Å²) in [5, 5.41) is 0.796. The van der Waals surface area contributed by atoms with Gasteiger partial charge in [0.15, 0.2) is 0 Å². The largest absolute Gasteiger partial charge is 0.466 e. The molecule has 174 valence electrons. The van der Waals surface area contributed by atoms with E-state index in [0.29, 0.717) is 26.1 Å². The molecule has 1 fully saturated rings. The number of aryl methyl sites for hydroxylation is 1. The number of hydrogen-bond acceptors (Lipinski definition) is 6. The van der Waals surface area contributed by atoms with Crippen molar-refractivity contribution >= 4 is 33.5 Å². The van der Waals surface area contributed by atoms with Crippen molar-refractivity contribution in [3.63, 3.8) is 0 Å². The lowest BCUT2D eigenvalue weighted by Gasteiger charge is -2.07. The third kappa shape index (κ3) is 13.8. The van der Waals surface area contributed by atoms with Gasteiger partial charge >= 0.3 is 11.9 Å². The van der Waals surface area contributed by atoms with E-state index in [4.69, 9.17) is 9.47 Å². The Morgan fingerprint density at radius 2 is 1.45 bits per heavy atom. The average molecular weight is 467 g/mol. The molecule has 31 heavy (non-hydrogen) atoms. The molecule has 1 unspecified atom stereocenters. The summed E-state index contributed by atoms with van der Waals surface area (Å²) in [6.45, 7) is 1.04. The van der Waals surface area contributed by atoms with Crippen molar-refractivity contribution in [2.75, 3.05) is 19.0 Å². The van der Waals surface area contributed by atoms with Crippen molar-refractivity contribution < 1.29 is 19.1 Å². The van der Waals surface area contributed by atoms with Gasteiger partial charge in [-0.3, -0.25) is 9.59 Å². The summed E-state index contributed by atoms with van der Waals surface area (Å²) in [6, 6.07) is 10.2. The maximum atomic E-state index is 11.8. The predicted octanol–water partition coefficient (Wildman–Crippen LogP) is 6.76. The Balaban J connectivity index is 1.30. The van der Waals surface area contributed by atoms with Crippen LogP contribution in [0.15, 0.2) is 30.3 Å². The zero-order chi connectivity index (χ0) is 22.0. The molecule has 1 aromatic carbocycles. The summed E-state index contributed by atoms with van der Waals surface area (Å²) in [4.78, 5) is 23.5. The van der Waals surface area contributed by atoms with Gasteiger partial charge in [-0.25, -0.2) is 0 Å². The summed E-state index contributed by atoms with van der Waals surface area (Å²) in [5.41, 5.74) is 1.26. The third-order valence-corrected chi connectivity index (χ3v) is 8.40. The van der Waals surface area contributed by atoms with Crippen LogP contribution in [0.25, 0.3) is 0 Å². The number of rotatable bonds is 17. The van der Waals surface area contributed by atoms with Gasteiger partial charge in [-0.15, -0.1) is 0 Å². The van der Waals surface area contributed by atoms with Crippen LogP contribution in [0.5, 0.6) is 0 Å². The molecule has 1 aromatic rings. The smallest absolute Gasteiger partial charge is 0.305 e. The first kappa shape index (κ1) is 26.1. The van der Waals surface area contributed by atoms with E-state index >= 15 is 0 Å². The van der Waals surface area contributed by atoms with Crippen LogP contribution in [0.4, 0.5) is 0 Å². The van der Waals surface area contributed by atoms with E-state index in [1.54, 1.807) is 0 Å². The molecule has 0 spiro atoms. The van der Waals surface area contributed by atoms with Crippen molar-refractivity contribution in [1.29, 1.82) is 0 Å². The molecule has 6 heteroatoms. The molecule has 0 N–H and O–H groups in total. The summed E-state index contributed by atoms with van der Waals surface area (Å²) in [5.74, 6) is 1.13. The number of hydrogen-bond donors (Lipinski definition) is 0. The molecule has 1 saturated heterocycles. The average Bonchev–Trinajstić information content (AvgIpc) is 3.30. The van der Waals surface area contributed by atoms with Gasteiger partial charge in [0.2, 0.25) is 0 Å². The van der Waals surface area contributed by atoms with Crippen molar-refractivity contribution in [3.05, 3.63) is 35.9 Å². The Bertz CT molecular complexity index is 603. The zero-order valence-corrected chi connectivity index (χ0v) is 20.4. The predicted molar refractivity (Wildman–Crippen MR) is 131 cm³/mol. The molecule has 0 aliphatic carbocycles. The molecular formula is C25H38O4S2. The van der Waals surface area contributed by atoms with Gasteiger partial charge in [0, 0.05) is 23.8 Å². The van der Waals surface area contributed by atoms with Crippen LogP contribution >= 0.6 is 21.6 Å². The monoisotopic (exact) mass is 466 g/mol. The van der Waals surface area contributed by atoms with E-state index in [2.05, 4.69) is 12.1 Å². The second kappa shape index (κ2) is 17.4. The minimum Gasteiger partial charge on any atom is -0.466 e. The Hall–Kier alpha value is -1.14. The van der Waals surface area contributed by atoms with Crippen LogP contribution in [0.1, 0.15) is 82.6 Å². The third-order valence-electron chi connectivity index (χ3n) is 5.39. The molecule has 1 heterocycles. The first-order chi connectivity index (χ1) is 15.2. The maximum absolute atomic E-state index is 11.8. The molecule has 1 atom stereocenters. The molecule has 0 bridgehead atoms. The first-order valence-corrected chi connectivity index (χ1v) is 14.3. The fourth-order valence-electron chi connectivity index (χ4n) is 3.54. The van der Waals surface area contributed by atoms with Gasteiger partial charge in [0.05, 0.1) is 13.2 Å². The number of unbranched alkanes of at least 4 members (excludes halogenated alkanes) is 5. The quantitative estimate of drug-likeness (QED) is 0.144. The van der Waals surface area contributed by atoms with E-state index in [-0.39, 0.29) is 11.9 Å². The molecule has 0 saturated carbocycles. The lowest BCUT2D eigenvalue weighted by atomic mass is 10.1. The second-order valence-corrected chi connectivity index (χ2v) is 10.9. The minimum atomic E-state index is -0.0938. The van der Waals surface area contributed by atoms with Gasteiger partial charge in [-0.05, 0) is 50.5 Å². The highest BCUT2D eigenvalue weighted by molar-refractivity contribution is 8.77. The number of esters is 2. The highest BCUT2D eigenvalue weighted by atomic mass is 33.1. The SMILES string of the molecule is O=C(CCCCC1CCSS1)OCCCCCCCOC(=O)CCCc1ccccc1. The second-order valence-electron chi connectivity index (χ2n) is 8.12. The van der Waals surface area contributed by atoms with Crippen LogP contribution in [0.3, 0.4) is 0 Å². The fraction of sp³-hybridized carbons (Fsp3) is 0.680. The maximum Gasteiger partial charge on any atom is 0.305 e. The van der Waals surface area contributed by atoms with Crippen molar-refractivity contribution in [2.24, 2.45) is 0 Å². The van der Waals surface area contributed by atoms with Crippen molar-refractivity contribution in [2.45, 2.75) is 88.7 Å². The number of carbonyl (C=O) groups is 2.